The Balaban J connectivity index is 2.55. The zero-order valence-corrected chi connectivity index (χ0v) is 9.20. The number of imidazole rings is 1. The number of aromatic nitrogens is 2. The molecular weight excluding hydrogens is 210 g/mol. The molecule has 0 fully saturated rings. The third kappa shape index (κ3) is 1.76. The summed E-state index contributed by atoms with van der Waals surface area (Å²) >= 11 is 6.08. The number of nitrogens with two attached hydrogens (primary N) is 1. The highest BCUT2D eigenvalue weighted by molar-refractivity contribution is 6.30. The monoisotopic (exact) mass is 221 g/mol. The van der Waals surface area contributed by atoms with Crippen molar-refractivity contribution in [2.45, 2.75) is 6.54 Å². The maximum atomic E-state index is 6.08. The van der Waals surface area contributed by atoms with Crippen LogP contribution in [0.3, 0.4) is 0 Å². The maximum absolute atomic E-state index is 6.08. The number of hydrogen-bond donors (Lipinski definition) is 1. The fourth-order valence-corrected chi connectivity index (χ4v) is 1.71. The van der Waals surface area contributed by atoms with Crippen molar-refractivity contribution >= 4 is 11.6 Å². The zero-order chi connectivity index (χ0) is 10.8. The van der Waals surface area contributed by atoms with E-state index < -0.39 is 0 Å². The third-order valence-corrected chi connectivity index (χ3v) is 2.79. The molecule has 0 aliphatic carbocycles. The van der Waals surface area contributed by atoms with Crippen molar-refractivity contribution in [3.05, 3.63) is 41.2 Å². The molecule has 0 bridgehead atoms. The number of hydrogen-bond acceptors (Lipinski definition) is 2. The van der Waals surface area contributed by atoms with E-state index in [0.717, 1.165) is 17.1 Å². The van der Waals surface area contributed by atoms with Crippen molar-refractivity contribution < 1.29 is 0 Å². The maximum Gasteiger partial charge on any atom is 0.141 e. The van der Waals surface area contributed by atoms with Crippen molar-refractivity contribution in [1.29, 1.82) is 0 Å². The largest absolute Gasteiger partial charge is 0.325 e. The highest BCUT2D eigenvalue weighted by Gasteiger charge is 2.12. The van der Waals surface area contributed by atoms with Crippen LogP contribution in [0.25, 0.3) is 11.4 Å². The fraction of sp³-hybridized carbons (Fsp3) is 0.182. The molecule has 0 spiro atoms. The summed E-state index contributed by atoms with van der Waals surface area (Å²) in [4.78, 5) is 4.40. The Kier molecular flexibility index (Phi) is 2.75. The lowest BCUT2D eigenvalue weighted by atomic mass is 10.2. The molecule has 15 heavy (non-hydrogen) atoms. The predicted octanol–water partition coefficient (Wildman–Crippen LogP) is 2.20. The van der Waals surface area contributed by atoms with Gasteiger partial charge in [0, 0.05) is 19.2 Å². The van der Waals surface area contributed by atoms with Crippen LogP contribution in [0.4, 0.5) is 0 Å². The van der Waals surface area contributed by atoms with Gasteiger partial charge in [0.15, 0.2) is 0 Å². The average molecular weight is 222 g/mol. The van der Waals surface area contributed by atoms with E-state index in [-0.39, 0.29) is 0 Å². The van der Waals surface area contributed by atoms with Crippen LogP contribution in [-0.4, -0.2) is 9.55 Å². The van der Waals surface area contributed by atoms with Gasteiger partial charge in [-0.1, -0.05) is 41.9 Å². The molecule has 3 nitrogen and oxygen atoms in total. The molecule has 0 aliphatic rings. The van der Waals surface area contributed by atoms with Crippen molar-refractivity contribution in [1.82, 2.24) is 9.55 Å². The highest BCUT2D eigenvalue weighted by atomic mass is 35.5. The number of nitrogens with zero attached hydrogens (tertiary/aromatic N) is 2. The molecule has 0 saturated carbocycles. The van der Waals surface area contributed by atoms with Gasteiger partial charge >= 0.3 is 0 Å². The minimum Gasteiger partial charge on any atom is -0.325 e. The molecule has 0 aliphatic heterocycles. The van der Waals surface area contributed by atoms with Crippen molar-refractivity contribution in [3.63, 3.8) is 0 Å². The van der Waals surface area contributed by atoms with Gasteiger partial charge < -0.3 is 10.3 Å². The second kappa shape index (κ2) is 4.04. The van der Waals surface area contributed by atoms with Gasteiger partial charge in [0.2, 0.25) is 0 Å². The molecule has 0 saturated heterocycles. The molecule has 2 rings (SSSR count). The molecule has 2 aromatic rings. The van der Waals surface area contributed by atoms with Gasteiger partial charge in [0.1, 0.15) is 11.0 Å². The van der Waals surface area contributed by atoms with E-state index in [1.165, 1.54) is 0 Å². The summed E-state index contributed by atoms with van der Waals surface area (Å²) in [6.07, 6.45) is 0. The molecule has 4 heteroatoms. The van der Waals surface area contributed by atoms with E-state index in [1.807, 2.05) is 41.9 Å². The normalized spacial score (nSPS) is 10.6. The van der Waals surface area contributed by atoms with Crippen LogP contribution in [0.1, 0.15) is 5.69 Å². The summed E-state index contributed by atoms with van der Waals surface area (Å²) in [6, 6.07) is 9.91. The van der Waals surface area contributed by atoms with Crippen molar-refractivity contribution in [3.8, 4) is 11.4 Å². The lowest BCUT2D eigenvalue weighted by molar-refractivity contribution is 0.922. The number of rotatable bonds is 2. The summed E-state index contributed by atoms with van der Waals surface area (Å²) in [7, 11) is 1.89. The topological polar surface area (TPSA) is 43.8 Å². The summed E-state index contributed by atoms with van der Waals surface area (Å²) in [5.74, 6) is 0.848. The Labute approximate surface area is 93.5 Å². The Morgan fingerprint density at radius 2 is 2.00 bits per heavy atom. The summed E-state index contributed by atoms with van der Waals surface area (Å²) < 4.78 is 1.85. The SMILES string of the molecule is Cn1c(-c2ccccc2)nc(CN)c1Cl. The van der Waals surface area contributed by atoms with Crippen LogP contribution in [0, 0.1) is 0 Å². The summed E-state index contributed by atoms with van der Waals surface area (Å²) in [5.41, 5.74) is 7.33. The van der Waals surface area contributed by atoms with Gasteiger partial charge in [0.05, 0.1) is 5.69 Å². The number of benzene rings is 1. The number of halogens is 1. The average Bonchev–Trinajstić information content (AvgIpc) is 2.57. The first-order chi connectivity index (χ1) is 7.24. The molecule has 1 aromatic carbocycles. The zero-order valence-electron chi connectivity index (χ0n) is 8.44. The molecule has 2 N–H and O–H groups in total. The fourth-order valence-electron chi connectivity index (χ4n) is 1.51. The smallest absolute Gasteiger partial charge is 0.141 e. The van der Waals surface area contributed by atoms with Gasteiger partial charge in [-0.15, -0.1) is 0 Å². The second-order valence-corrected chi connectivity index (χ2v) is 3.66. The summed E-state index contributed by atoms with van der Waals surface area (Å²) in [5, 5.41) is 0.608. The van der Waals surface area contributed by atoms with E-state index >= 15 is 0 Å². The van der Waals surface area contributed by atoms with Gasteiger partial charge in [-0.2, -0.15) is 0 Å². The molecule has 1 heterocycles. The van der Waals surface area contributed by atoms with Gasteiger partial charge in [0.25, 0.3) is 0 Å². The lowest BCUT2D eigenvalue weighted by Crippen LogP contribution is -1.97. The molecule has 0 unspecified atom stereocenters. The third-order valence-electron chi connectivity index (χ3n) is 2.32. The molecular formula is C11H12ClN3. The van der Waals surface area contributed by atoms with Gasteiger partial charge in [-0.3, -0.25) is 0 Å². The Bertz CT molecular complexity index is 462. The van der Waals surface area contributed by atoms with Crippen LogP contribution in [0.2, 0.25) is 5.15 Å². The van der Waals surface area contributed by atoms with E-state index in [1.54, 1.807) is 0 Å². The summed E-state index contributed by atoms with van der Waals surface area (Å²) in [6.45, 7) is 0.361. The van der Waals surface area contributed by atoms with Crippen LogP contribution in [0.15, 0.2) is 30.3 Å². The first kappa shape index (κ1) is 10.2. The van der Waals surface area contributed by atoms with Gasteiger partial charge in [-0.05, 0) is 0 Å². The first-order valence-electron chi connectivity index (χ1n) is 4.70. The van der Waals surface area contributed by atoms with E-state index in [2.05, 4.69) is 4.98 Å². The van der Waals surface area contributed by atoms with Gasteiger partial charge in [-0.25, -0.2) is 4.98 Å². The van der Waals surface area contributed by atoms with E-state index in [9.17, 15) is 0 Å². The standard InChI is InChI=1S/C11H12ClN3/c1-15-10(12)9(7-13)14-11(15)8-5-3-2-4-6-8/h2-6H,7,13H2,1H3. The first-order valence-corrected chi connectivity index (χ1v) is 5.08. The predicted molar refractivity (Wildman–Crippen MR) is 61.5 cm³/mol. The molecule has 1 aromatic heterocycles. The highest BCUT2D eigenvalue weighted by Crippen LogP contribution is 2.24. The van der Waals surface area contributed by atoms with E-state index in [4.69, 9.17) is 17.3 Å². The quantitative estimate of drug-likeness (QED) is 0.845. The molecule has 0 atom stereocenters. The van der Waals surface area contributed by atoms with Crippen LogP contribution >= 0.6 is 11.6 Å². The Morgan fingerprint density at radius 3 is 2.53 bits per heavy atom. The molecule has 0 amide bonds. The Morgan fingerprint density at radius 1 is 1.33 bits per heavy atom. The minimum absolute atomic E-state index is 0.361. The molecule has 78 valence electrons. The van der Waals surface area contributed by atoms with Crippen LogP contribution in [-0.2, 0) is 13.6 Å². The molecule has 0 radical (unpaired) electrons. The van der Waals surface area contributed by atoms with Crippen molar-refractivity contribution in [2.24, 2.45) is 12.8 Å². The van der Waals surface area contributed by atoms with E-state index in [0.29, 0.717) is 11.7 Å². The minimum atomic E-state index is 0.361. The lowest BCUT2D eigenvalue weighted by Gasteiger charge is -2.01. The van der Waals surface area contributed by atoms with Crippen LogP contribution < -0.4 is 5.73 Å². The van der Waals surface area contributed by atoms with Crippen LogP contribution in [0.5, 0.6) is 0 Å². The Hall–Kier alpha value is -1.32. The van der Waals surface area contributed by atoms with Crippen molar-refractivity contribution in [2.75, 3.05) is 0 Å². The second-order valence-electron chi connectivity index (χ2n) is 3.30.